The van der Waals surface area contributed by atoms with Gasteiger partial charge in [0, 0.05) is 5.54 Å². The van der Waals surface area contributed by atoms with Gasteiger partial charge in [-0.15, -0.1) is 10.2 Å². The van der Waals surface area contributed by atoms with Crippen molar-refractivity contribution in [3.05, 3.63) is 5.82 Å². The Morgan fingerprint density at radius 3 is 2.32 bits per heavy atom. The molecule has 0 saturated heterocycles. The minimum absolute atomic E-state index is 0.00370. The van der Waals surface area contributed by atoms with Crippen molar-refractivity contribution in [2.45, 2.75) is 58.7 Å². The van der Waals surface area contributed by atoms with Crippen molar-refractivity contribution in [2.24, 2.45) is 5.41 Å². The summed E-state index contributed by atoms with van der Waals surface area (Å²) in [6.07, 6.45) is 0.958. The molecule has 1 rings (SSSR count). The SMILES string of the molecule is Cc1nnc(SCC(=O)O)n1C(C)(C)CC(C)(C)C. The maximum Gasteiger partial charge on any atom is 0.313 e. The number of rotatable bonds is 5. The first-order valence-electron chi connectivity index (χ1n) is 6.30. The molecule has 0 aliphatic carbocycles. The Bertz CT molecular complexity index is 461. The molecule has 6 heteroatoms. The Hall–Kier alpha value is -1.04. The number of aliphatic carboxylic acids is 1. The van der Waals surface area contributed by atoms with Crippen LogP contribution in [0.15, 0.2) is 5.16 Å². The second-order valence-corrected chi connectivity index (χ2v) is 7.54. The van der Waals surface area contributed by atoms with Crippen LogP contribution in [0.25, 0.3) is 0 Å². The first kappa shape index (κ1) is 16.0. The number of carbonyl (C=O) groups is 1. The zero-order valence-corrected chi connectivity index (χ0v) is 13.3. The molecule has 0 unspecified atom stereocenters. The van der Waals surface area contributed by atoms with Crippen LogP contribution in [0.4, 0.5) is 0 Å². The van der Waals surface area contributed by atoms with Gasteiger partial charge in [-0.3, -0.25) is 4.79 Å². The standard InChI is InChI=1S/C13H23N3O2S/c1-9-14-15-11(19-7-10(17)18)16(9)13(5,6)8-12(2,3)4/h7-8H2,1-6H3,(H,17,18). The molecule has 19 heavy (non-hydrogen) atoms. The molecule has 1 heterocycles. The van der Waals surface area contributed by atoms with Crippen LogP contribution in [-0.4, -0.2) is 31.6 Å². The first-order valence-corrected chi connectivity index (χ1v) is 7.28. The molecule has 0 spiro atoms. The predicted octanol–water partition coefficient (Wildman–Crippen LogP) is 2.93. The van der Waals surface area contributed by atoms with Gasteiger partial charge in [-0.2, -0.15) is 0 Å². The summed E-state index contributed by atoms with van der Waals surface area (Å²) in [6, 6.07) is 0. The van der Waals surface area contributed by atoms with Gasteiger partial charge in [-0.1, -0.05) is 32.5 Å². The van der Waals surface area contributed by atoms with E-state index in [0.29, 0.717) is 5.16 Å². The van der Waals surface area contributed by atoms with Gasteiger partial charge in [0.1, 0.15) is 5.82 Å². The molecule has 0 amide bonds. The lowest BCUT2D eigenvalue weighted by Crippen LogP contribution is -2.33. The lowest BCUT2D eigenvalue weighted by Gasteiger charge is -2.35. The molecule has 0 aliphatic heterocycles. The molecule has 0 aliphatic rings. The average Bonchev–Trinajstić information content (AvgIpc) is 2.53. The summed E-state index contributed by atoms with van der Waals surface area (Å²) >= 11 is 1.22. The molecule has 1 aromatic rings. The van der Waals surface area contributed by atoms with Gasteiger partial charge in [0.15, 0.2) is 5.16 Å². The number of hydrogen-bond donors (Lipinski definition) is 1. The minimum Gasteiger partial charge on any atom is -0.481 e. The summed E-state index contributed by atoms with van der Waals surface area (Å²) in [7, 11) is 0. The number of hydrogen-bond acceptors (Lipinski definition) is 4. The Morgan fingerprint density at radius 2 is 1.84 bits per heavy atom. The van der Waals surface area contributed by atoms with Crippen molar-refractivity contribution in [3.63, 3.8) is 0 Å². The summed E-state index contributed by atoms with van der Waals surface area (Å²) in [5.41, 5.74) is 0.0294. The lowest BCUT2D eigenvalue weighted by atomic mass is 9.81. The van der Waals surface area contributed by atoms with E-state index in [1.165, 1.54) is 11.8 Å². The highest BCUT2D eigenvalue weighted by atomic mass is 32.2. The van der Waals surface area contributed by atoms with Crippen LogP contribution in [0.1, 0.15) is 46.9 Å². The highest BCUT2D eigenvalue weighted by Gasteiger charge is 2.31. The van der Waals surface area contributed by atoms with E-state index in [-0.39, 0.29) is 16.7 Å². The zero-order chi connectivity index (χ0) is 14.8. The molecule has 1 aromatic heterocycles. The molecule has 0 bridgehead atoms. The quantitative estimate of drug-likeness (QED) is 0.842. The third-order valence-corrected chi connectivity index (χ3v) is 3.60. The summed E-state index contributed by atoms with van der Waals surface area (Å²) in [6.45, 7) is 12.8. The van der Waals surface area contributed by atoms with Crippen molar-refractivity contribution in [2.75, 3.05) is 5.75 Å². The van der Waals surface area contributed by atoms with Gasteiger partial charge in [0.25, 0.3) is 0 Å². The zero-order valence-electron chi connectivity index (χ0n) is 12.5. The smallest absolute Gasteiger partial charge is 0.313 e. The normalized spacial score (nSPS) is 12.7. The molecule has 1 N–H and O–H groups in total. The van der Waals surface area contributed by atoms with Crippen molar-refractivity contribution < 1.29 is 9.90 Å². The van der Waals surface area contributed by atoms with Crippen LogP contribution in [0.3, 0.4) is 0 Å². The Kier molecular flexibility index (Phi) is 4.66. The van der Waals surface area contributed by atoms with E-state index in [1.54, 1.807) is 0 Å². The van der Waals surface area contributed by atoms with E-state index in [2.05, 4.69) is 44.8 Å². The minimum atomic E-state index is -0.842. The van der Waals surface area contributed by atoms with E-state index in [4.69, 9.17) is 5.11 Å². The number of thioether (sulfide) groups is 1. The van der Waals surface area contributed by atoms with Crippen molar-refractivity contribution in [1.82, 2.24) is 14.8 Å². The largest absolute Gasteiger partial charge is 0.481 e. The summed E-state index contributed by atoms with van der Waals surface area (Å²) in [5, 5.41) is 17.6. The van der Waals surface area contributed by atoms with Crippen LogP contribution < -0.4 is 0 Å². The monoisotopic (exact) mass is 285 g/mol. The first-order chi connectivity index (χ1) is 8.53. The van der Waals surface area contributed by atoms with Gasteiger partial charge in [-0.25, -0.2) is 0 Å². The van der Waals surface area contributed by atoms with Crippen molar-refractivity contribution in [3.8, 4) is 0 Å². The maximum atomic E-state index is 10.7. The number of carboxylic acids is 1. The predicted molar refractivity (Wildman–Crippen MR) is 76.5 cm³/mol. The Balaban J connectivity index is 3.04. The van der Waals surface area contributed by atoms with Crippen LogP contribution >= 0.6 is 11.8 Å². The number of aromatic nitrogens is 3. The van der Waals surface area contributed by atoms with E-state index in [9.17, 15) is 4.79 Å². The third-order valence-electron chi connectivity index (χ3n) is 2.69. The van der Waals surface area contributed by atoms with Crippen LogP contribution in [0, 0.1) is 12.3 Å². The van der Waals surface area contributed by atoms with Gasteiger partial charge >= 0.3 is 5.97 Å². The summed E-state index contributed by atoms with van der Waals surface area (Å²) in [5.74, 6) is -0.0167. The number of carboxylic acid groups (broad SMARTS) is 1. The van der Waals surface area contributed by atoms with Crippen molar-refractivity contribution >= 4 is 17.7 Å². The average molecular weight is 285 g/mol. The fourth-order valence-electron chi connectivity index (χ4n) is 2.64. The molecule has 0 aromatic carbocycles. The molecular weight excluding hydrogens is 262 g/mol. The van der Waals surface area contributed by atoms with Crippen molar-refractivity contribution in [1.29, 1.82) is 0 Å². The molecular formula is C13H23N3O2S. The summed E-state index contributed by atoms with van der Waals surface area (Å²) in [4.78, 5) is 10.7. The summed E-state index contributed by atoms with van der Waals surface area (Å²) < 4.78 is 2.05. The maximum absolute atomic E-state index is 10.7. The van der Waals surface area contributed by atoms with Gasteiger partial charge < -0.3 is 9.67 Å². The van der Waals surface area contributed by atoms with Crippen LogP contribution in [0.2, 0.25) is 0 Å². The number of aryl methyl sites for hydroxylation is 1. The number of nitrogens with zero attached hydrogens (tertiary/aromatic N) is 3. The van der Waals surface area contributed by atoms with E-state index in [1.807, 2.05) is 11.5 Å². The molecule has 0 radical (unpaired) electrons. The second-order valence-electron chi connectivity index (χ2n) is 6.60. The third kappa shape index (κ3) is 4.53. The fourth-order valence-corrected chi connectivity index (χ4v) is 3.50. The van der Waals surface area contributed by atoms with E-state index in [0.717, 1.165) is 12.2 Å². The van der Waals surface area contributed by atoms with Gasteiger partial charge in [-0.05, 0) is 32.6 Å². The molecule has 108 valence electrons. The second kappa shape index (κ2) is 5.53. The van der Waals surface area contributed by atoms with Gasteiger partial charge in [0.05, 0.1) is 5.75 Å². The molecule has 0 saturated carbocycles. The van der Waals surface area contributed by atoms with Gasteiger partial charge in [0.2, 0.25) is 0 Å². The van der Waals surface area contributed by atoms with Crippen LogP contribution in [0.5, 0.6) is 0 Å². The lowest BCUT2D eigenvalue weighted by molar-refractivity contribution is -0.133. The molecule has 0 fully saturated rings. The van der Waals surface area contributed by atoms with E-state index < -0.39 is 5.97 Å². The molecule has 5 nitrogen and oxygen atoms in total. The highest BCUT2D eigenvalue weighted by Crippen LogP contribution is 2.35. The molecule has 0 atom stereocenters. The highest BCUT2D eigenvalue weighted by molar-refractivity contribution is 7.99. The fraction of sp³-hybridized carbons (Fsp3) is 0.769. The van der Waals surface area contributed by atoms with E-state index >= 15 is 0 Å². The van der Waals surface area contributed by atoms with Crippen LogP contribution in [-0.2, 0) is 10.3 Å². The topological polar surface area (TPSA) is 68.0 Å². The Morgan fingerprint density at radius 1 is 1.26 bits per heavy atom. The Labute approximate surface area is 118 Å².